The summed E-state index contributed by atoms with van der Waals surface area (Å²) in [7, 11) is 0. The minimum Gasteiger partial charge on any atom is -0.370 e. The maximum absolute atomic E-state index is 6.09. The van der Waals surface area contributed by atoms with E-state index in [1.165, 1.54) is 5.56 Å². The van der Waals surface area contributed by atoms with E-state index in [-0.39, 0.29) is 12.1 Å². The number of ether oxygens (including phenoxy) is 1. The lowest BCUT2D eigenvalue weighted by Crippen LogP contribution is -2.49. The molecule has 1 aliphatic heterocycles. The van der Waals surface area contributed by atoms with Crippen LogP contribution in [-0.2, 0) is 11.2 Å². The van der Waals surface area contributed by atoms with Gasteiger partial charge in [-0.1, -0.05) is 54.1 Å². The molecule has 1 N–H and O–H groups in total. The first-order valence-electron chi connectivity index (χ1n) is 7.39. The van der Waals surface area contributed by atoms with Gasteiger partial charge in [0, 0.05) is 17.1 Å². The number of benzene rings is 2. The van der Waals surface area contributed by atoms with Gasteiger partial charge in [-0.15, -0.1) is 0 Å². The van der Waals surface area contributed by atoms with E-state index in [4.69, 9.17) is 16.3 Å². The Labute approximate surface area is 131 Å². The average molecular weight is 302 g/mol. The van der Waals surface area contributed by atoms with Crippen molar-refractivity contribution < 1.29 is 4.74 Å². The van der Waals surface area contributed by atoms with Crippen LogP contribution in [0.2, 0.25) is 5.02 Å². The van der Waals surface area contributed by atoms with Gasteiger partial charge in [0.05, 0.1) is 12.7 Å². The number of halogens is 1. The van der Waals surface area contributed by atoms with Crippen molar-refractivity contribution in [2.45, 2.75) is 31.5 Å². The van der Waals surface area contributed by atoms with Gasteiger partial charge in [0.15, 0.2) is 0 Å². The van der Waals surface area contributed by atoms with Gasteiger partial charge in [-0.25, -0.2) is 0 Å². The molecule has 3 atom stereocenters. The van der Waals surface area contributed by atoms with E-state index in [1.807, 2.05) is 24.3 Å². The Balaban J connectivity index is 1.64. The monoisotopic (exact) mass is 301 g/mol. The molecule has 0 bridgehead atoms. The predicted molar refractivity (Wildman–Crippen MR) is 86.7 cm³/mol. The number of hydrogen-bond donors (Lipinski definition) is 1. The van der Waals surface area contributed by atoms with Crippen molar-refractivity contribution in [3.63, 3.8) is 0 Å². The van der Waals surface area contributed by atoms with Gasteiger partial charge in [0.25, 0.3) is 0 Å². The van der Waals surface area contributed by atoms with Crippen molar-refractivity contribution in [3.05, 3.63) is 70.7 Å². The van der Waals surface area contributed by atoms with Crippen LogP contribution in [0.5, 0.6) is 0 Å². The van der Waals surface area contributed by atoms with Crippen molar-refractivity contribution in [2.75, 3.05) is 6.61 Å². The normalized spacial score (nSPS) is 25.7. The second kappa shape index (κ2) is 6.61. The summed E-state index contributed by atoms with van der Waals surface area (Å²) in [5.41, 5.74) is 2.48. The van der Waals surface area contributed by atoms with Gasteiger partial charge < -0.3 is 10.1 Å². The van der Waals surface area contributed by atoms with Crippen LogP contribution in [0.15, 0.2) is 54.6 Å². The highest BCUT2D eigenvalue weighted by molar-refractivity contribution is 6.30. The molecule has 0 saturated carbocycles. The Bertz CT molecular complexity index is 587. The molecule has 3 heteroatoms. The van der Waals surface area contributed by atoms with Crippen LogP contribution in [0.3, 0.4) is 0 Å². The maximum atomic E-state index is 6.09. The molecule has 110 valence electrons. The first-order valence-corrected chi connectivity index (χ1v) is 7.77. The SMILES string of the molecule is CC1NC(Cc2ccccc2)COC1c1cccc(Cl)c1. The Morgan fingerprint density at radius 2 is 1.95 bits per heavy atom. The van der Waals surface area contributed by atoms with Gasteiger partial charge in [0.2, 0.25) is 0 Å². The summed E-state index contributed by atoms with van der Waals surface area (Å²) < 4.78 is 6.09. The fraction of sp³-hybridized carbons (Fsp3) is 0.333. The Morgan fingerprint density at radius 3 is 2.67 bits per heavy atom. The molecule has 0 aromatic heterocycles. The quantitative estimate of drug-likeness (QED) is 0.925. The van der Waals surface area contributed by atoms with Gasteiger partial charge in [-0.2, -0.15) is 0 Å². The Morgan fingerprint density at radius 1 is 1.14 bits per heavy atom. The Kier molecular flexibility index (Phi) is 4.59. The second-order valence-electron chi connectivity index (χ2n) is 5.65. The molecule has 3 rings (SSSR count). The van der Waals surface area contributed by atoms with Crippen molar-refractivity contribution in [1.29, 1.82) is 0 Å². The topological polar surface area (TPSA) is 21.3 Å². The summed E-state index contributed by atoms with van der Waals surface area (Å²) in [5, 5.41) is 4.42. The zero-order valence-corrected chi connectivity index (χ0v) is 12.9. The third kappa shape index (κ3) is 3.65. The first kappa shape index (κ1) is 14.6. The molecule has 0 aliphatic carbocycles. The molecule has 1 saturated heterocycles. The molecular weight excluding hydrogens is 282 g/mol. The zero-order valence-electron chi connectivity index (χ0n) is 12.1. The fourth-order valence-electron chi connectivity index (χ4n) is 2.96. The minimum atomic E-state index is 0.0655. The van der Waals surface area contributed by atoms with E-state index in [9.17, 15) is 0 Å². The molecule has 21 heavy (non-hydrogen) atoms. The van der Waals surface area contributed by atoms with E-state index in [0.717, 1.165) is 23.6 Å². The van der Waals surface area contributed by atoms with Crippen LogP contribution in [0.25, 0.3) is 0 Å². The van der Waals surface area contributed by atoms with E-state index in [2.05, 4.69) is 42.6 Å². The summed E-state index contributed by atoms with van der Waals surface area (Å²) in [6, 6.07) is 19.1. The van der Waals surface area contributed by atoms with E-state index < -0.39 is 0 Å². The Hall–Kier alpha value is -1.35. The highest BCUT2D eigenvalue weighted by Gasteiger charge is 2.28. The fourth-order valence-corrected chi connectivity index (χ4v) is 3.16. The molecule has 3 unspecified atom stereocenters. The number of morpholine rings is 1. The van der Waals surface area contributed by atoms with Crippen molar-refractivity contribution >= 4 is 11.6 Å². The zero-order chi connectivity index (χ0) is 14.7. The molecule has 1 heterocycles. The molecule has 0 spiro atoms. The number of nitrogens with one attached hydrogen (secondary N) is 1. The summed E-state index contributed by atoms with van der Waals surface area (Å²) in [4.78, 5) is 0. The molecule has 2 aromatic rings. The summed E-state index contributed by atoms with van der Waals surface area (Å²) in [6.07, 6.45) is 1.06. The first-order chi connectivity index (χ1) is 10.2. The van der Waals surface area contributed by atoms with Crippen LogP contribution < -0.4 is 5.32 Å². The predicted octanol–water partition coefficient (Wildman–Crippen LogP) is 4.00. The summed E-state index contributed by atoms with van der Waals surface area (Å²) >= 11 is 6.07. The van der Waals surface area contributed by atoms with Crippen LogP contribution in [0.4, 0.5) is 0 Å². The van der Waals surface area contributed by atoms with E-state index >= 15 is 0 Å². The van der Waals surface area contributed by atoms with Crippen LogP contribution in [0.1, 0.15) is 24.2 Å². The van der Waals surface area contributed by atoms with Gasteiger partial charge in [-0.05, 0) is 36.6 Å². The molecule has 0 amide bonds. The highest BCUT2D eigenvalue weighted by atomic mass is 35.5. The average Bonchev–Trinajstić information content (AvgIpc) is 2.48. The highest BCUT2D eigenvalue weighted by Crippen LogP contribution is 2.27. The molecule has 1 aliphatic rings. The molecule has 2 aromatic carbocycles. The summed E-state index contributed by atoms with van der Waals surface area (Å²) in [5.74, 6) is 0. The maximum Gasteiger partial charge on any atom is 0.0976 e. The van der Waals surface area contributed by atoms with Crippen LogP contribution in [0, 0.1) is 0 Å². The third-order valence-corrected chi connectivity index (χ3v) is 4.17. The second-order valence-corrected chi connectivity index (χ2v) is 6.09. The van der Waals surface area contributed by atoms with E-state index in [0.29, 0.717) is 6.04 Å². The largest absolute Gasteiger partial charge is 0.370 e. The molecular formula is C18H20ClNO. The van der Waals surface area contributed by atoms with E-state index in [1.54, 1.807) is 0 Å². The lowest BCUT2D eigenvalue weighted by Gasteiger charge is -2.36. The van der Waals surface area contributed by atoms with Gasteiger partial charge in [0.1, 0.15) is 0 Å². The van der Waals surface area contributed by atoms with Gasteiger partial charge >= 0.3 is 0 Å². The summed E-state index contributed by atoms with van der Waals surface area (Å²) in [6.45, 7) is 2.89. The lowest BCUT2D eigenvalue weighted by atomic mass is 9.98. The smallest absolute Gasteiger partial charge is 0.0976 e. The lowest BCUT2D eigenvalue weighted by molar-refractivity contribution is -0.0244. The van der Waals surface area contributed by atoms with Crippen molar-refractivity contribution in [3.8, 4) is 0 Å². The molecule has 2 nitrogen and oxygen atoms in total. The third-order valence-electron chi connectivity index (χ3n) is 3.93. The standard InChI is InChI=1S/C18H20ClNO/c1-13-18(15-8-5-9-16(19)11-15)21-12-17(20-13)10-14-6-3-2-4-7-14/h2-9,11,13,17-18,20H,10,12H2,1H3. The molecule has 0 radical (unpaired) electrons. The van der Waals surface area contributed by atoms with Crippen LogP contribution >= 0.6 is 11.6 Å². The molecule has 1 fully saturated rings. The number of hydrogen-bond acceptors (Lipinski definition) is 2. The minimum absolute atomic E-state index is 0.0655. The van der Waals surface area contributed by atoms with Crippen molar-refractivity contribution in [2.24, 2.45) is 0 Å². The van der Waals surface area contributed by atoms with Crippen molar-refractivity contribution in [1.82, 2.24) is 5.32 Å². The van der Waals surface area contributed by atoms with Crippen LogP contribution in [-0.4, -0.2) is 18.7 Å². The number of rotatable bonds is 3. The van der Waals surface area contributed by atoms with Gasteiger partial charge in [-0.3, -0.25) is 0 Å².